The molecule has 2 fully saturated rings. The molecular weight excluding hydrogens is 583 g/mol. The van der Waals surface area contributed by atoms with Crippen LogP contribution < -0.4 is 15.0 Å². The van der Waals surface area contributed by atoms with E-state index in [1.807, 2.05) is 10.9 Å². The number of piperazine rings is 1. The lowest BCUT2D eigenvalue weighted by Gasteiger charge is -2.34. The van der Waals surface area contributed by atoms with E-state index in [9.17, 15) is 5.26 Å². The van der Waals surface area contributed by atoms with Gasteiger partial charge in [0.2, 0.25) is 0 Å². The van der Waals surface area contributed by atoms with Gasteiger partial charge in [0, 0.05) is 77.0 Å². The van der Waals surface area contributed by atoms with Crippen LogP contribution in [0.25, 0.3) is 10.9 Å². The average Bonchev–Trinajstić information content (AvgIpc) is 3.73. The normalized spacial score (nSPS) is 21.0. The molecule has 1 N–H and O–H groups in total. The molecule has 12 heteroatoms. The van der Waals surface area contributed by atoms with Gasteiger partial charge in [0.05, 0.1) is 29.9 Å². The summed E-state index contributed by atoms with van der Waals surface area (Å²) >= 11 is 0. The Morgan fingerprint density at radius 2 is 2.02 bits per heavy atom. The van der Waals surface area contributed by atoms with Crippen molar-refractivity contribution in [3.8, 4) is 12.1 Å². The van der Waals surface area contributed by atoms with Crippen LogP contribution in [0.5, 0.6) is 6.01 Å². The number of aromatic nitrogens is 4. The zero-order valence-corrected chi connectivity index (χ0v) is 28.7. The Bertz CT molecular complexity index is 1530. The van der Waals surface area contributed by atoms with Gasteiger partial charge in [0.15, 0.2) is 0 Å². The van der Waals surface area contributed by atoms with Crippen LogP contribution in [0.3, 0.4) is 0 Å². The predicted octanol–water partition coefficient (Wildman–Crippen LogP) is 4.13. The first-order valence-corrected chi connectivity index (χ1v) is 20.2. The Morgan fingerprint density at radius 1 is 1.16 bits per heavy atom. The maximum atomic E-state index is 9.35. The van der Waals surface area contributed by atoms with Crippen molar-refractivity contribution < 1.29 is 9.47 Å². The molecule has 3 aliphatic heterocycles. The molecule has 2 aromatic heterocycles. The third-order valence-corrected chi connectivity index (χ3v) is 11.2. The zero-order valence-electron chi connectivity index (χ0n) is 27.7. The smallest absolute Gasteiger partial charge is 0.318 e. The van der Waals surface area contributed by atoms with Crippen molar-refractivity contribution in [3.63, 3.8) is 0 Å². The third kappa shape index (κ3) is 7.50. The molecule has 6 rings (SSSR count). The molecule has 0 bridgehead atoms. The number of nitrogens with zero attached hydrogens (tertiary/aromatic N) is 8. The van der Waals surface area contributed by atoms with Gasteiger partial charge in [-0.05, 0) is 56.6 Å². The summed E-state index contributed by atoms with van der Waals surface area (Å²) in [5, 5.41) is 18.7. The van der Waals surface area contributed by atoms with Crippen molar-refractivity contribution >= 4 is 24.8 Å². The molecule has 11 nitrogen and oxygen atoms in total. The molecule has 1 aromatic carbocycles. The molecule has 2 atom stereocenters. The summed E-state index contributed by atoms with van der Waals surface area (Å²) in [6, 6.07) is 8.84. The van der Waals surface area contributed by atoms with Crippen molar-refractivity contribution in [1.82, 2.24) is 34.9 Å². The van der Waals surface area contributed by atoms with E-state index >= 15 is 0 Å². The van der Waals surface area contributed by atoms with Crippen LogP contribution in [0.15, 0.2) is 18.3 Å². The van der Waals surface area contributed by atoms with Crippen molar-refractivity contribution in [2.45, 2.75) is 90.3 Å². The van der Waals surface area contributed by atoms with E-state index in [1.165, 1.54) is 28.5 Å². The van der Waals surface area contributed by atoms with Gasteiger partial charge < -0.3 is 24.6 Å². The van der Waals surface area contributed by atoms with Crippen LogP contribution in [-0.2, 0) is 31.1 Å². The van der Waals surface area contributed by atoms with Gasteiger partial charge in [-0.1, -0.05) is 25.7 Å². The zero-order chi connectivity index (χ0) is 31.6. The molecule has 2 saturated heterocycles. The second-order valence-electron chi connectivity index (χ2n) is 14.2. The number of likely N-dealkylation sites (tertiary alicyclic amines) is 1. The van der Waals surface area contributed by atoms with Crippen LogP contribution in [0.1, 0.15) is 41.6 Å². The average molecular weight is 632 g/mol. The minimum absolute atomic E-state index is 0.125. The Balaban J connectivity index is 1.21. The van der Waals surface area contributed by atoms with Gasteiger partial charge in [-0.25, -0.2) is 4.68 Å². The topological polar surface area (TPSA) is 108 Å². The quantitative estimate of drug-likeness (QED) is 0.232. The minimum atomic E-state index is -1.14. The Labute approximate surface area is 268 Å². The van der Waals surface area contributed by atoms with Crippen molar-refractivity contribution in [1.29, 1.82) is 5.26 Å². The molecule has 0 saturated carbocycles. The third-order valence-electron chi connectivity index (χ3n) is 9.54. The van der Waals surface area contributed by atoms with Crippen LogP contribution >= 0.6 is 0 Å². The molecular formula is C33H49N9O2Si. The van der Waals surface area contributed by atoms with Crippen LogP contribution in [-0.4, -0.2) is 96.1 Å². The van der Waals surface area contributed by atoms with E-state index in [4.69, 9.17) is 24.5 Å². The van der Waals surface area contributed by atoms with E-state index in [-0.39, 0.29) is 6.04 Å². The summed E-state index contributed by atoms with van der Waals surface area (Å²) in [5.41, 5.74) is 5.88. The number of fused-ring (bicyclic) bond motifs is 2. The molecule has 0 spiro atoms. The maximum Gasteiger partial charge on any atom is 0.318 e. The van der Waals surface area contributed by atoms with Gasteiger partial charge in [-0.2, -0.15) is 20.3 Å². The van der Waals surface area contributed by atoms with Gasteiger partial charge in [-0.3, -0.25) is 4.90 Å². The van der Waals surface area contributed by atoms with Crippen molar-refractivity contribution in [3.05, 3.63) is 40.7 Å². The number of nitrogens with one attached hydrogen (secondary N) is 1. The molecule has 0 unspecified atom stereocenters. The number of aryl methyl sites for hydroxylation is 1. The van der Waals surface area contributed by atoms with Crippen LogP contribution in [0.4, 0.5) is 5.82 Å². The van der Waals surface area contributed by atoms with E-state index in [0.717, 1.165) is 81.9 Å². The van der Waals surface area contributed by atoms with Gasteiger partial charge in [0.25, 0.3) is 0 Å². The highest BCUT2D eigenvalue weighted by molar-refractivity contribution is 6.76. The van der Waals surface area contributed by atoms with E-state index in [1.54, 1.807) is 0 Å². The standard InChI is InChI=1S/C33H49N9O2Si/c1-24-8-9-31-27(17-36-42(31)23-43-15-16-45(3,4)5)28(24)19-40-20-29-30(21-40)37-33(44-22-26-7-6-13-39(26)2)38-32(29)41-14-12-35-25(18-41)10-11-34/h8-9,17,25-26,35H,6-7,10,12-16,18-23H2,1-5H3/t25-,26-/m0/s1. The number of anilines is 1. The summed E-state index contributed by atoms with van der Waals surface area (Å²) in [7, 11) is 1.03. The lowest BCUT2D eigenvalue weighted by atomic mass is 10.0. The fourth-order valence-corrected chi connectivity index (χ4v) is 7.48. The maximum absolute atomic E-state index is 9.35. The van der Waals surface area contributed by atoms with Gasteiger partial charge in [0.1, 0.15) is 19.2 Å². The van der Waals surface area contributed by atoms with Crippen molar-refractivity contribution in [2.24, 2.45) is 0 Å². The van der Waals surface area contributed by atoms with Gasteiger partial charge >= 0.3 is 6.01 Å². The number of hydrogen-bond acceptors (Lipinski definition) is 10. The highest BCUT2D eigenvalue weighted by Gasteiger charge is 2.31. The molecule has 0 amide bonds. The number of benzene rings is 1. The summed E-state index contributed by atoms with van der Waals surface area (Å²) in [5.74, 6) is 0.958. The first kappa shape index (κ1) is 31.9. The SMILES string of the molecule is Cc1ccc2c(cnn2COCC[Si](C)(C)C)c1CN1Cc2nc(OC[C@@H]3CCCN3C)nc(N3CCN[C@@H](CC#N)C3)c2C1. The van der Waals surface area contributed by atoms with Gasteiger partial charge in [-0.15, -0.1) is 0 Å². The largest absolute Gasteiger partial charge is 0.462 e. The van der Waals surface area contributed by atoms with Crippen LogP contribution in [0, 0.1) is 18.3 Å². The van der Waals surface area contributed by atoms with Crippen LogP contribution in [0.2, 0.25) is 25.7 Å². The summed E-state index contributed by atoms with van der Waals surface area (Å²) in [6.07, 6.45) is 4.82. The number of hydrogen-bond donors (Lipinski definition) is 1. The highest BCUT2D eigenvalue weighted by atomic mass is 28.3. The molecule has 242 valence electrons. The van der Waals surface area contributed by atoms with E-state index in [2.05, 4.69) is 71.8 Å². The Hall–Kier alpha value is -3.08. The van der Waals surface area contributed by atoms with E-state index < -0.39 is 8.07 Å². The number of ether oxygens (including phenoxy) is 2. The van der Waals surface area contributed by atoms with Crippen molar-refractivity contribution in [2.75, 3.05) is 51.3 Å². The predicted molar refractivity (Wildman–Crippen MR) is 179 cm³/mol. The Morgan fingerprint density at radius 3 is 2.80 bits per heavy atom. The summed E-state index contributed by atoms with van der Waals surface area (Å²) in [4.78, 5) is 17.1. The monoisotopic (exact) mass is 631 g/mol. The highest BCUT2D eigenvalue weighted by Crippen LogP contribution is 2.34. The molecule has 0 radical (unpaired) electrons. The summed E-state index contributed by atoms with van der Waals surface area (Å²) < 4.78 is 14.3. The number of likely N-dealkylation sites (N-methyl/N-ethyl adjacent to an activating group) is 1. The lowest BCUT2D eigenvalue weighted by molar-refractivity contribution is 0.0817. The number of rotatable bonds is 12. The molecule has 3 aromatic rings. The summed E-state index contributed by atoms with van der Waals surface area (Å²) in [6.45, 7) is 17.0. The Kier molecular flexibility index (Phi) is 9.72. The minimum Gasteiger partial charge on any atom is -0.462 e. The fraction of sp³-hybridized carbons (Fsp3) is 0.636. The second kappa shape index (κ2) is 13.7. The number of nitriles is 1. The first-order valence-electron chi connectivity index (χ1n) is 16.5. The molecule has 5 heterocycles. The molecule has 0 aliphatic carbocycles. The first-order chi connectivity index (χ1) is 21.7. The fourth-order valence-electron chi connectivity index (χ4n) is 6.73. The molecule has 45 heavy (non-hydrogen) atoms. The lowest BCUT2D eigenvalue weighted by Crippen LogP contribution is -2.51. The molecule has 3 aliphatic rings. The second-order valence-corrected chi connectivity index (χ2v) is 19.9. The van der Waals surface area contributed by atoms with E-state index in [0.29, 0.717) is 31.8 Å².